The van der Waals surface area contributed by atoms with Crippen molar-refractivity contribution in [1.29, 1.82) is 0 Å². The van der Waals surface area contributed by atoms with E-state index in [2.05, 4.69) is 44.6 Å². The Morgan fingerprint density at radius 2 is 1.94 bits per heavy atom. The molecule has 9 heteroatoms. The second kappa shape index (κ2) is 8.98. The van der Waals surface area contributed by atoms with Crippen LogP contribution in [0.4, 0.5) is 0 Å². The van der Waals surface area contributed by atoms with Crippen molar-refractivity contribution in [2.75, 3.05) is 32.8 Å². The van der Waals surface area contributed by atoms with Gasteiger partial charge >= 0.3 is 0 Å². The number of rotatable bonds is 5. The molecular formula is C25H28N6O2S. The Hall–Kier alpha value is -3.01. The highest BCUT2D eigenvalue weighted by molar-refractivity contribution is 7.15. The largest absolute Gasteiger partial charge is 0.378 e. The van der Waals surface area contributed by atoms with E-state index in [4.69, 9.17) is 14.8 Å². The molecular weight excluding hydrogens is 448 g/mol. The van der Waals surface area contributed by atoms with Gasteiger partial charge in [-0.05, 0) is 12.5 Å². The molecule has 176 valence electrons. The number of ether oxygens (including phenoxy) is 1. The minimum absolute atomic E-state index is 0.0222. The van der Waals surface area contributed by atoms with Crippen molar-refractivity contribution in [3.05, 3.63) is 75.8 Å². The summed E-state index contributed by atoms with van der Waals surface area (Å²) in [6, 6.07) is 10.3. The van der Waals surface area contributed by atoms with Crippen molar-refractivity contribution in [1.82, 2.24) is 29.0 Å². The number of nitrogens with zero attached hydrogens (tertiary/aromatic N) is 6. The molecule has 5 heterocycles. The molecule has 4 aromatic rings. The maximum Gasteiger partial charge on any atom is 0.274 e. The van der Waals surface area contributed by atoms with Gasteiger partial charge in [0.2, 0.25) is 0 Å². The number of carbonyl (C=O) groups excluding carboxylic acids is 1. The highest BCUT2D eigenvalue weighted by atomic mass is 32.1. The fourth-order valence-electron chi connectivity index (χ4n) is 5.00. The Balaban J connectivity index is 1.32. The lowest BCUT2D eigenvalue weighted by Crippen LogP contribution is -2.41. The molecule has 0 bridgehead atoms. The molecule has 34 heavy (non-hydrogen) atoms. The first kappa shape index (κ1) is 21.5. The number of amides is 1. The highest BCUT2D eigenvalue weighted by Gasteiger charge is 2.31. The molecule has 0 saturated carbocycles. The Morgan fingerprint density at radius 1 is 1.12 bits per heavy atom. The summed E-state index contributed by atoms with van der Waals surface area (Å²) in [7, 11) is 0. The molecule has 1 fully saturated rings. The van der Waals surface area contributed by atoms with Crippen molar-refractivity contribution >= 4 is 22.2 Å². The van der Waals surface area contributed by atoms with Crippen LogP contribution in [-0.2, 0) is 30.8 Å². The molecule has 2 aliphatic rings. The summed E-state index contributed by atoms with van der Waals surface area (Å²) < 4.78 is 9.70. The number of thiazole rings is 1. The number of hydrogen-bond donors (Lipinski definition) is 0. The molecule has 1 aromatic carbocycles. The standard InChI is InChI=1S/C25H28N6O2S/c1-18-22(30-11-14-34-25(30)26-18)17-28-8-7-21-20(16-28)23(24(32)29-9-12-33-13-10-29)27-31(21)15-19-5-3-2-4-6-19/h2-6,11,14H,7-10,12-13,15-17H2,1H3. The number of fused-ring (bicyclic) bond motifs is 2. The fraction of sp³-hybridized carbons (Fsp3) is 0.400. The Kier molecular flexibility index (Phi) is 5.68. The lowest BCUT2D eigenvalue weighted by Gasteiger charge is -2.29. The van der Waals surface area contributed by atoms with Crippen molar-refractivity contribution in [3.63, 3.8) is 0 Å². The Labute approximate surface area is 202 Å². The van der Waals surface area contributed by atoms with E-state index in [-0.39, 0.29) is 5.91 Å². The zero-order chi connectivity index (χ0) is 23.1. The third-order valence-corrected chi connectivity index (χ3v) is 7.58. The Bertz CT molecular complexity index is 1320. The van der Waals surface area contributed by atoms with Gasteiger partial charge in [0.05, 0.1) is 31.1 Å². The lowest BCUT2D eigenvalue weighted by molar-refractivity contribution is 0.0297. The summed E-state index contributed by atoms with van der Waals surface area (Å²) in [6.07, 6.45) is 2.96. The summed E-state index contributed by atoms with van der Waals surface area (Å²) in [5, 5.41) is 6.97. The van der Waals surface area contributed by atoms with Crippen LogP contribution in [-0.4, -0.2) is 67.7 Å². The molecule has 6 rings (SSSR count). The van der Waals surface area contributed by atoms with Crippen LogP contribution in [0.2, 0.25) is 0 Å². The normalized spacial score (nSPS) is 16.8. The predicted molar refractivity (Wildman–Crippen MR) is 130 cm³/mol. The maximum atomic E-state index is 13.5. The minimum Gasteiger partial charge on any atom is -0.378 e. The zero-order valence-corrected chi connectivity index (χ0v) is 20.1. The van der Waals surface area contributed by atoms with Crippen molar-refractivity contribution < 1.29 is 9.53 Å². The lowest BCUT2D eigenvalue weighted by atomic mass is 10.0. The average molecular weight is 477 g/mol. The molecule has 2 aliphatic heterocycles. The number of benzene rings is 1. The first-order chi connectivity index (χ1) is 16.7. The van der Waals surface area contributed by atoms with E-state index in [9.17, 15) is 4.79 Å². The van der Waals surface area contributed by atoms with Gasteiger partial charge in [-0.2, -0.15) is 5.10 Å². The summed E-state index contributed by atoms with van der Waals surface area (Å²) >= 11 is 1.66. The van der Waals surface area contributed by atoms with E-state index in [1.807, 2.05) is 23.1 Å². The number of carbonyl (C=O) groups is 1. The number of imidazole rings is 1. The molecule has 0 unspecified atom stereocenters. The molecule has 0 atom stereocenters. The molecule has 0 spiro atoms. The fourth-order valence-corrected chi connectivity index (χ4v) is 5.78. The second-order valence-electron chi connectivity index (χ2n) is 8.98. The summed E-state index contributed by atoms with van der Waals surface area (Å²) in [5.74, 6) is 0.0222. The van der Waals surface area contributed by atoms with Crippen LogP contribution in [0.3, 0.4) is 0 Å². The van der Waals surface area contributed by atoms with Gasteiger partial charge in [0, 0.05) is 62.0 Å². The molecule has 0 aliphatic carbocycles. The van der Waals surface area contributed by atoms with Crippen LogP contribution in [0.15, 0.2) is 41.9 Å². The summed E-state index contributed by atoms with van der Waals surface area (Å²) in [6.45, 7) is 7.61. The van der Waals surface area contributed by atoms with Crippen LogP contribution in [0, 0.1) is 6.92 Å². The van der Waals surface area contributed by atoms with E-state index in [0.29, 0.717) is 45.1 Å². The summed E-state index contributed by atoms with van der Waals surface area (Å²) in [4.78, 5) is 23.6. The Morgan fingerprint density at radius 3 is 2.76 bits per heavy atom. The van der Waals surface area contributed by atoms with Gasteiger partial charge in [-0.25, -0.2) is 4.98 Å². The molecule has 1 saturated heterocycles. The third-order valence-electron chi connectivity index (χ3n) is 6.82. The number of aryl methyl sites for hydroxylation is 1. The van der Waals surface area contributed by atoms with Crippen LogP contribution < -0.4 is 0 Å². The quantitative estimate of drug-likeness (QED) is 0.443. The first-order valence-corrected chi connectivity index (χ1v) is 12.7. The molecule has 8 nitrogen and oxygen atoms in total. The average Bonchev–Trinajstić information content (AvgIpc) is 3.55. The van der Waals surface area contributed by atoms with E-state index < -0.39 is 0 Å². The molecule has 0 radical (unpaired) electrons. The van der Waals surface area contributed by atoms with Crippen LogP contribution >= 0.6 is 11.3 Å². The number of hydrogen-bond acceptors (Lipinski definition) is 6. The van der Waals surface area contributed by atoms with Crippen LogP contribution in [0.5, 0.6) is 0 Å². The predicted octanol–water partition coefficient (Wildman–Crippen LogP) is 2.98. The van der Waals surface area contributed by atoms with Crippen molar-refractivity contribution in [2.24, 2.45) is 0 Å². The van der Waals surface area contributed by atoms with Gasteiger partial charge in [0.25, 0.3) is 5.91 Å². The SMILES string of the molecule is Cc1nc2sccn2c1CN1CCc2c(c(C(=O)N3CCOCC3)nn2Cc2ccccc2)C1. The number of morpholine rings is 1. The molecule has 3 aromatic heterocycles. The van der Waals surface area contributed by atoms with Gasteiger partial charge in [-0.15, -0.1) is 11.3 Å². The number of aromatic nitrogens is 4. The van der Waals surface area contributed by atoms with Gasteiger partial charge in [-0.1, -0.05) is 30.3 Å². The molecule has 0 N–H and O–H groups in total. The van der Waals surface area contributed by atoms with Crippen molar-refractivity contribution in [2.45, 2.75) is 33.0 Å². The summed E-state index contributed by atoms with van der Waals surface area (Å²) in [5.41, 5.74) is 6.34. The minimum atomic E-state index is 0.0222. The second-order valence-corrected chi connectivity index (χ2v) is 9.85. The van der Waals surface area contributed by atoms with Gasteiger partial charge in [-0.3, -0.25) is 18.8 Å². The third kappa shape index (κ3) is 3.93. The van der Waals surface area contributed by atoms with Gasteiger partial charge in [0.1, 0.15) is 0 Å². The smallest absolute Gasteiger partial charge is 0.274 e. The topological polar surface area (TPSA) is 67.9 Å². The monoisotopic (exact) mass is 476 g/mol. The van der Waals surface area contributed by atoms with Crippen LogP contribution in [0.25, 0.3) is 4.96 Å². The van der Waals surface area contributed by atoms with E-state index in [0.717, 1.165) is 35.7 Å². The van der Waals surface area contributed by atoms with E-state index >= 15 is 0 Å². The molecule has 1 amide bonds. The highest BCUT2D eigenvalue weighted by Crippen LogP contribution is 2.27. The van der Waals surface area contributed by atoms with Crippen molar-refractivity contribution in [3.8, 4) is 0 Å². The van der Waals surface area contributed by atoms with E-state index in [1.165, 1.54) is 17.0 Å². The zero-order valence-electron chi connectivity index (χ0n) is 19.3. The van der Waals surface area contributed by atoms with Crippen LogP contribution in [0.1, 0.15) is 38.7 Å². The van der Waals surface area contributed by atoms with Gasteiger partial charge < -0.3 is 9.64 Å². The van der Waals surface area contributed by atoms with E-state index in [1.54, 1.807) is 11.3 Å². The van der Waals surface area contributed by atoms with Gasteiger partial charge in [0.15, 0.2) is 10.7 Å². The first-order valence-electron chi connectivity index (χ1n) is 11.8. The maximum absolute atomic E-state index is 13.5.